The second-order valence-corrected chi connectivity index (χ2v) is 9.73. The van der Waals surface area contributed by atoms with Crippen molar-refractivity contribution >= 4 is 27.9 Å². The average molecular weight is 436 g/mol. The lowest BCUT2D eigenvalue weighted by Crippen LogP contribution is -2.42. The summed E-state index contributed by atoms with van der Waals surface area (Å²) in [5, 5.41) is 2.77. The summed E-state index contributed by atoms with van der Waals surface area (Å²) in [6.45, 7) is 7.11. The quantitative estimate of drug-likeness (QED) is 0.636. The summed E-state index contributed by atoms with van der Waals surface area (Å²) < 4.78 is 27.2. The van der Waals surface area contributed by atoms with Crippen LogP contribution < -0.4 is 5.32 Å². The maximum Gasteiger partial charge on any atom is 0.247 e. The Morgan fingerprint density at radius 3 is 2.23 bits per heavy atom. The molecular formula is C22H33N3O4S. The normalized spacial score (nSPS) is 15.9. The van der Waals surface area contributed by atoms with Crippen LogP contribution in [0.5, 0.6) is 0 Å². The van der Waals surface area contributed by atoms with Crippen molar-refractivity contribution in [1.29, 1.82) is 0 Å². The fourth-order valence-electron chi connectivity index (χ4n) is 3.34. The second-order valence-electron chi connectivity index (χ2n) is 7.80. The van der Waals surface area contributed by atoms with Gasteiger partial charge in [0, 0.05) is 31.8 Å². The summed E-state index contributed by atoms with van der Waals surface area (Å²) >= 11 is 0. The molecule has 1 aromatic carbocycles. The molecule has 0 aromatic heterocycles. The molecule has 2 amide bonds. The standard InChI is InChI=1S/C22H33N3O4S/c1-4-24(17-21(26)23-18(2)3)22(27)14-11-19-9-12-20(13-10-19)30(28,29)25-15-7-5-6-8-16-25/h9-14,18H,4-8,15-17H2,1-3H3,(H,23,26). The molecule has 166 valence electrons. The fourth-order valence-corrected chi connectivity index (χ4v) is 4.86. The molecule has 1 heterocycles. The highest BCUT2D eigenvalue weighted by Crippen LogP contribution is 2.21. The molecule has 0 atom stereocenters. The van der Waals surface area contributed by atoms with Gasteiger partial charge in [0.1, 0.15) is 0 Å². The van der Waals surface area contributed by atoms with Gasteiger partial charge in [-0.15, -0.1) is 0 Å². The van der Waals surface area contributed by atoms with Crippen LogP contribution in [0.15, 0.2) is 35.2 Å². The third kappa shape index (κ3) is 6.95. The predicted molar refractivity (Wildman–Crippen MR) is 118 cm³/mol. The van der Waals surface area contributed by atoms with Gasteiger partial charge < -0.3 is 10.2 Å². The number of carbonyl (C=O) groups excluding carboxylic acids is 2. The van der Waals surface area contributed by atoms with Gasteiger partial charge in [0.05, 0.1) is 11.4 Å². The molecule has 0 aliphatic carbocycles. The van der Waals surface area contributed by atoms with E-state index in [1.54, 1.807) is 34.6 Å². The van der Waals surface area contributed by atoms with Crippen LogP contribution in [0.3, 0.4) is 0 Å². The summed E-state index contributed by atoms with van der Waals surface area (Å²) in [5.74, 6) is -0.464. The lowest BCUT2D eigenvalue weighted by molar-refractivity contribution is -0.132. The van der Waals surface area contributed by atoms with E-state index < -0.39 is 10.0 Å². The number of amides is 2. The number of hydrogen-bond donors (Lipinski definition) is 1. The van der Waals surface area contributed by atoms with E-state index in [2.05, 4.69) is 5.32 Å². The summed E-state index contributed by atoms with van der Waals surface area (Å²) in [7, 11) is -3.48. The second kappa shape index (κ2) is 11.3. The lowest BCUT2D eigenvalue weighted by Gasteiger charge is -2.20. The molecule has 0 radical (unpaired) electrons. The molecule has 1 aliphatic rings. The van der Waals surface area contributed by atoms with Crippen molar-refractivity contribution in [3.8, 4) is 0 Å². The van der Waals surface area contributed by atoms with Crippen molar-refractivity contribution in [2.75, 3.05) is 26.2 Å². The third-order valence-corrected chi connectivity index (χ3v) is 6.89. The van der Waals surface area contributed by atoms with Gasteiger partial charge in [-0.3, -0.25) is 9.59 Å². The van der Waals surface area contributed by atoms with E-state index in [1.807, 2.05) is 20.8 Å². The molecule has 7 nitrogen and oxygen atoms in total. The van der Waals surface area contributed by atoms with Crippen LogP contribution in [0.1, 0.15) is 52.0 Å². The van der Waals surface area contributed by atoms with Gasteiger partial charge in [0.2, 0.25) is 21.8 Å². The number of likely N-dealkylation sites (N-methyl/N-ethyl adjacent to an activating group) is 1. The first kappa shape index (κ1) is 24.1. The molecule has 0 unspecified atom stereocenters. The summed E-state index contributed by atoms with van der Waals surface area (Å²) in [4.78, 5) is 26.0. The van der Waals surface area contributed by atoms with Crippen molar-refractivity contribution in [3.05, 3.63) is 35.9 Å². The Balaban J connectivity index is 2.02. The van der Waals surface area contributed by atoms with Gasteiger partial charge in [0.25, 0.3) is 0 Å². The van der Waals surface area contributed by atoms with Gasteiger partial charge in [-0.05, 0) is 57.4 Å². The maximum absolute atomic E-state index is 12.8. The number of benzene rings is 1. The number of hydrogen-bond acceptors (Lipinski definition) is 4. The lowest BCUT2D eigenvalue weighted by atomic mass is 10.2. The number of nitrogens with zero attached hydrogens (tertiary/aromatic N) is 2. The highest BCUT2D eigenvalue weighted by atomic mass is 32.2. The summed E-state index contributed by atoms with van der Waals surface area (Å²) in [5.41, 5.74) is 0.723. The number of nitrogens with one attached hydrogen (secondary N) is 1. The van der Waals surface area contributed by atoms with Gasteiger partial charge >= 0.3 is 0 Å². The molecular weight excluding hydrogens is 402 g/mol. The predicted octanol–water partition coefficient (Wildman–Crippen LogP) is 2.64. The van der Waals surface area contributed by atoms with Gasteiger partial charge in [-0.25, -0.2) is 8.42 Å². The average Bonchev–Trinajstić information content (AvgIpc) is 3.00. The Hall–Kier alpha value is -2.19. The fraction of sp³-hybridized carbons (Fsp3) is 0.545. The Morgan fingerprint density at radius 1 is 1.10 bits per heavy atom. The largest absolute Gasteiger partial charge is 0.352 e. The van der Waals surface area contributed by atoms with Crippen molar-refractivity contribution < 1.29 is 18.0 Å². The summed E-state index contributed by atoms with van der Waals surface area (Å²) in [6, 6.07) is 6.56. The zero-order valence-electron chi connectivity index (χ0n) is 18.1. The number of rotatable bonds is 8. The van der Waals surface area contributed by atoms with Crippen LogP contribution in [0.2, 0.25) is 0 Å². The number of sulfonamides is 1. The Labute approximate surface area is 180 Å². The van der Waals surface area contributed by atoms with Crippen LogP contribution in [-0.4, -0.2) is 61.7 Å². The van der Waals surface area contributed by atoms with E-state index in [0.717, 1.165) is 31.2 Å². The minimum atomic E-state index is -3.48. The van der Waals surface area contributed by atoms with Crippen LogP contribution in [-0.2, 0) is 19.6 Å². The first-order valence-electron chi connectivity index (χ1n) is 10.6. The monoisotopic (exact) mass is 435 g/mol. The SMILES string of the molecule is CCN(CC(=O)NC(C)C)C(=O)C=Cc1ccc(S(=O)(=O)N2CCCCCC2)cc1. The van der Waals surface area contributed by atoms with Gasteiger partial charge in [0.15, 0.2) is 0 Å². The van der Waals surface area contributed by atoms with E-state index in [-0.39, 0.29) is 29.3 Å². The first-order valence-corrected chi connectivity index (χ1v) is 12.0. The van der Waals surface area contributed by atoms with E-state index in [1.165, 1.54) is 11.0 Å². The first-order chi connectivity index (χ1) is 14.2. The molecule has 30 heavy (non-hydrogen) atoms. The molecule has 1 N–H and O–H groups in total. The van der Waals surface area contributed by atoms with Crippen molar-refractivity contribution in [2.45, 2.75) is 57.4 Å². The van der Waals surface area contributed by atoms with Crippen LogP contribution in [0.4, 0.5) is 0 Å². The van der Waals surface area contributed by atoms with E-state index >= 15 is 0 Å². The van der Waals surface area contributed by atoms with E-state index in [0.29, 0.717) is 19.6 Å². The minimum absolute atomic E-state index is 0.00483. The smallest absolute Gasteiger partial charge is 0.247 e. The van der Waals surface area contributed by atoms with Crippen molar-refractivity contribution in [1.82, 2.24) is 14.5 Å². The number of carbonyl (C=O) groups is 2. The van der Waals surface area contributed by atoms with Crippen LogP contribution in [0, 0.1) is 0 Å². The molecule has 1 fully saturated rings. The molecule has 2 rings (SSSR count). The Kier molecular flexibility index (Phi) is 9.05. The molecule has 8 heteroatoms. The molecule has 0 spiro atoms. The van der Waals surface area contributed by atoms with Crippen LogP contribution >= 0.6 is 0 Å². The Bertz CT molecular complexity index is 840. The highest BCUT2D eigenvalue weighted by molar-refractivity contribution is 7.89. The van der Waals surface area contributed by atoms with Crippen molar-refractivity contribution in [3.63, 3.8) is 0 Å². The molecule has 1 aromatic rings. The molecule has 1 saturated heterocycles. The van der Waals surface area contributed by atoms with Gasteiger partial charge in [-0.2, -0.15) is 4.31 Å². The minimum Gasteiger partial charge on any atom is -0.352 e. The summed E-state index contributed by atoms with van der Waals surface area (Å²) in [6.07, 6.45) is 6.96. The van der Waals surface area contributed by atoms with E-state index in [9.17, 15) is 18.0 Å². The zero-order chi connectivity index (χ0) is 22.1. The van der Waals surface area contributed by atoms with Gasteiger partial charge in [-0.1, -0.05) is 25.0 Å². The third-order valence-electron chi connectivity index (χ3n) is 4.98. The van der Waals surface area contributed by atoms with Crippen LogP contribution in [0.25, 0.3) is 6.08 Å². The molecule has 0 bridgehead atoms. The topological polar surface area (TPSA) is 86.8 Å². The van der Waals surface area contributed by atoms with E-state index in [4.69, 9.17) is 0 Å². The maximum atomic E-state index is 12.8. The highest BCUT2D eigenvalue weighted by Gasteiger charge is 2.24. The molecule has 0 saturated carbocycles. The molecule has 1 aliphatic heterocycles. The van der Waals surface area contributed by atoms with Crippen molar-refractivity contribution in [2.24, 2.45) is 0 Å². The Morgan fingerprint density at radius 2 is 1.70 bits per heavy atom. The zero-order valence-corrected chi connectivity index (χ0v) is 19.0.